The van der Waals surface area contributed by atoms with Gasteiger partial charge in [-0.1, -0.05) is 32.6 Å². The van der Waals surface area contributed by atoms with E-state index in [1.54, 1.807) is 0 Å². The molecular weight excluding hydrogens is 345 g/mol. The predicted octanol–water partition coefficient (Wildman–Crippen LogP) is 8.01. The molecule has 4 saturated carbocycles. The summed E-state index contributed by atoms with van der Waals surface area (Å²) in [5.41, 5.74) is 0. The van der Waals surface area contributed by atoms with E-state index in [0.717, 1.165) is 47.8 Å². The third kappa shape index (κ3) is 6.39. The zero-order valence-electron chi connectivity index (χ0n) is 17.2. The Morgan fingerprint density at radius 3 is 1.44 bits per heavy atom. The van der Waals surface area contributed by atoms with E-state index in [0.29, 0.717) is 12.3 Å². The van der Waals surface area contributed by atoms with Gasteiger partial charge in [-0.2, -0.15) is 13.2 Å². The topological polar surface area (TPSA) is 0 Å². The van der Waals surface area contributed by atoms with Crippen molar-refractivity contribution in [2.75, 3.05) is 0 Å². The first-order valence-corrected chi connectivity index (χ1v) is 12.0. The zero-order chi connectivity index (χ0) is 19.0. The van der Waals surface area contributed by atoms with Gasteiger partial charge >= 0.3 is 6.18 Å². The standard InChI is InChI=1S/C24H39F3/c1-2-3-4-6-16-9-18(16)11-20-13-22(20)15-23-14-21(23)12-19-10-17(19)7-5-8-24(25,26)27/h16-23H,2-15H2,1H3/t16?,17?,18?,19?,20-,21+,22?,23+/m1/s1. The average molecular weight is 385 g/mol. The van der Waals surface area contributed by atoms with Crippen LogP contribution in [0.4, 0.5) is 13.2 Å². The molecule has 0 aliphatic heterocycles. The quantitative estimate of drug-likeness (QED) is 0.282. The minimum atomic E-state index is -3.96. The van der Waals surface area contributed by atoms with E-state index in [1.165, 1.54) is 70.6 Å². The van der Waals surface area contributed by atoms with Crippen molar-refractivity contribution < 1.29 is 13.2 Å². The predicted molar refractivity (Wildman–Crippen MR) is 104 cm³/mol. The van der Waals surface area contributed by atoms with Gasteiger partial charge < -0.3 is 0 Å². The molecule has 4 aliphatic carbocycles. The van der Waals surface area contributed by atoms with Crippen LogP contribution in [0.5, 0.6) is 0 Å². The summed E-state index contributed by atoms with van der Waals surface area (Å²) in [5, 5.41) is 0. The van der Waals surface area contributed by atoms with Gasteiger partial charge in [0.25, 0.3) is 0 Å². The number of rotatable bonds is 13. The van der Waals surface area contributed by atoms with Crippen molar-refractivity contribution in [1.29, 1.82) is 0 Å². The molecule has 0 spiro atoms. The maximum atomic E-state index is 12.2. The minimum Gasteiger partial charge on any atom is -0.171 e. The molecule has 8 atom stereocenters. The van der Waals surface area contributed by atoms with Gasteiger partial charge in [0.1, 0.15) is 0 Å². The van der Waals surface area contributed by atoms with E-state index in [4.69, 9.17) is 0 Å². The average Bonchev–Trinajstić information content (AvgIpc) is 3.38. The summed E-state index contributed by atoms with van der Waals surface area (Å²) in [6, 6.07) is 0. The van der Waals surface area contributed by atoms with E-state index in [1.807, 2.05) is 0 Å². The Kier molecular flexibility index (Phi) is 6.15. The van der Waals surface area contributed by atoms with Gasteiger partial charge in [-0.15, -0.1) is 0 Å². The molecule has 4 fully saturated rings. The first kappa shape index (κ1) is 20.1. The Bertz CT molecular complexity index is 485. The Labute approximate surface area is 164 Å². The molecule has 4 rings (SSSR count). The Morgan fingerprint density at radius 2 is 1.00 bits per heavy atom. The molecule has 27 heavy (non-hydrogen) atoms. The van der Waals surface area contributed by atoms with Crippen molar-refractivity contribution in [3.63, 3.8) is 0 Å². The summed E-state index contributed by atoms with van der Waals surface area (Å²) in [7, 11) is 0. The first-order chi connectivity index (χ1) is 12.9. The van der Waals surface area contributed by atoms with Crippen molar-refractivity contribution >= 4 is 0 Å². The van der Waals surface area contributed by atoms with Crippen LogP contribution in [0.15, 0.2) is 0 Å². The van der Waals surface area contributed by atoms with E-state index in [9.17, 15) is 13.2 Å². The van der Waals surface area contributed by atoms with Crippen molar-refractivity contribution in [3.8, 4) is 0 Å². The summed E-state index contributed by atoms with van der Waals surface area (Å²) in [6.07, 6.45) is 12.4. The molecule has 4 aliphatic rings. The van der Waals surface area contributed by atoms with Crippen LogP contribution < -0.4 is 0 Å². The van der Waals surface area contributed by atoms with Gasteiger partial charge in [0.05, 0.1) is 0 Å². The molecule has 0 aromatic heterocycles. The second-order valence-corrected chi connectivity index (χ2v) is 10.7. The van der Waals surface area contributed by atoms with Crippen molar-refractivity contribution in [2.24, 2.45) is 47.3 Å². The molecule has 0 aromatic rings. The molecule has 0 bridgehead atoms. The molecule has 156 valence electrons. The van der Waals surface area contributed by atoms with Crippen LogP contribution in [0.3, 0.4) is 0 Å². The molecule has 0 N–H and O–H groups in total. The monoisotopic (exact) mass is 384 g/mol. The van der Waals surface area contributed by atoms with Gasteiger partial charge in [0, 0.05) is 6.42 Å². The molecule has 0 amide bonds. The highest BCUT2D eigenvalue weighted by atomic mass is 19.4. The Balaban J connectivity index is 1.01. The van der Waals surface area contributed by atoms with Gasteiger partial charge in [-0.25, -0.2) is 0 Å². The fourth-order valence-electron chi connectivity index (χ4n) is 6.07. The molecule has 5 unspecified atom stereocenters. The molecule has 3 heteroatoms. The number of hydrogen-bond acceptors (Lipinski definition) is 0. The fraction of sp³-hybridized carbons (Fsp3) is 1.00. The highest BCUT2D eigenvalue weighted by Gasteiger charge is 2.50. The van der Waals surface area contributed by atoms with E-state index in [-0.39, 0.29) is 0 Å². The molecule has 0 aromatic carbocycles. The van der Waals surface area contributed by atoms with Crippen LogP contribution in [0.1, 0.15) is 96.8 Å². The Morgan fingerprint density at radius 1 is 0.593 bits per heavy atom. The lowest BCUT2D eigenvalue weighted by Gasteiger charge is -2.05. The highest BCUT2D eigenvalue weighted by molar-refractivity contribution is 5.00. The molecule has 0 saturated heterocycles. The maximum absolute atomic E-state index is 12.2. The van der Waals surface area contributed by atoms with Crippen LogP contribution in [-0.2, 0) is 0 Å². The third-order valence-corrected chi connectivity index (χ3v) is 8.31. The zero-order valence-corrected chi connectivity index (χ0v) is 17.2. The SMILES string of the molecule is CCCCCC1CC1C[C@@H]1CC1C[C@@H]1C[C@@H]1CC1CC1CCCC(F)(F)F. The fourth-order valence-corrected chi connectivity index (χ4v) is 6.07. The largest absolute Gasteiger partial charge is 0.389 e. The van der Waals surface area contributed by atoms with Crippen LogP contribution in [0.2, 0.25) is 0 Å². The summed E-state index contributed by atoms with van der Waals surface area (Å²) in [6.45, 7) is 2.29. The normalized spacial score (nSPS) is 42.2. The van der Waals surface area contributed by atoms with E-state index in [2.05, 4.69) is 6.92 Å². The number of halogens is 3. The van der Waals surface area contributed by atoms with Crippen molar-refractivity contribution in [3.05, 3.63) is 0 Å². The molecule has 0 nitrogen and oxygen atoms in total. The van der Waals surface area contributed by atoms with Crippen LogP contribution in [-0.4, -0.2) is 6.18 Å². The second-order valence-electron chi connectivity index (χ2n) is 10.7. The van der Waals surface area contributed by atoms with Crippen LogP contribution in [0, 0.1) is 47.3 Å². The first-order valence-electron chi connectivity index (χ1n) is 12.0. The number of unbranched alkanes of at least 4 members (excludes halogenated alkanes) is 2. The van der Waals surface area contributed by atoms with E-state index >= 15 is 0 Å². The van der Waals surface area contributed by atoms with Crippen molar-refractivity contribution in [1.82, 2.24) is 0 Å². The smallest absolute Gasteiger partial charge is 0.171 e. The van der Waals surface area contributed by atoms with Gasteiger partial charge in [0.15, 0.2) is 0 Å². The lowest BCUT2D eigenvalue weighted by molar-refractivity contribution is -0.135. The molecular formula is C24H39F3. The summed E-state index contributed by atoms with van der Waals surface area (Å²) >= 11 is 0. The van der Waals surface area contributed by atoms with Crippen LogP contribution in [0.25, 0.3) is 0 Å². The van der Waals surface area contributed by atoms with Gasteiger partial charge in [-0.3, -0.25) is 0 Å². The number of alkyl halides is 3. The van der Waals surface area contributed by atoms with Crippen LogP contribution >= 0.6 is 0 Å². The van der Waals surface area contributed by atoms with Crippen molar-refractivity contribution in [2.45, 2.75) is 103 Å². The lowest BCUT2D eigenvalue weighted by atomic mass is 10.0. The molecule has 0 radical (unpaired) electrons. The van der Waals surface area contributed by atoms with Gasteiger partial charge in [0.2, 0.25) is 0 Å². The van der Waals surface area contributed by atoms with E-state index < -0.39 is 12.6 Å². The minimum absolute atomic E-state index is 0.350. The summed E-state index contributed by atoms with van der Waals surface area (Å²) in [5.74, 6) is 7.58. The lowest BCUT2D eigenvalue weighted by Crippen LogP contribution is -2.06. The second kappa shape index (κ2) is 8.27. The van der Waals surface area contributed by atoms with Gasteiger partial charge in [-0.05, 0) is 105 Å². The Hall–Kier alpha value is -0.210. The third-order valence-electron chi connectivity index (χ3n) is 8.31. The maximum Gasteiger partial charge on any atom is 0.389 e. The number of hydrogen-bond donors (Lipinski definition) is 0. The summed E-state index contributed by atoms with van der Waals surface area (Å²) in [4.78, 5) is 0. The summed E-state index contributed by atoms with van der Waals surface area (Å²) < 4.78 is 36.7. The molecule has 0 heterocycles. The highest BCUT2D eigenvalue weighted by Crippen LogP contribution is 2.60.